The predicted octanol–water partition coefficient (Wildman–Crippen LogP) is 6.94. The van der Waals surface area contributed by atoms with Gasteiger partial charge < -0.3 is 13.9 Å². The highest BCUT2D eigenvalue weighted by Gasteiger charge is 2.16. The van der Waals surface area contributed by atoms with E-state index in [0.717, 1.165) is 36.3 Å². The van der Waals surface area contributed by atoms with Gasteiger partial charge in [0, 0.05) is 11.5 Å². The number of rotatable bonds is 9. The van der Waals surface area contributed by atoms with Crippen LogP contribution >= 0.6 is 11.6 Å². The van der Waals surface area contributed by atoms with Gasteiger partial charge in [0.2, 0.25) is 0 Å². The smallest absolute Gasteiger partial charge is 0.142 e. The van der Waals surface area contributed by atoms with Crippen LogP contribution in [0.15, 0.2) is 28.7 Å². The molecule has 0 N–H and O–H groups in total. The highest BCUT2D eigenvalue weighted by atomic mass is 35.5. The van der Waals surface area contributed by atoms with Crippen molar-refractivity contribution in [2.75, 3.05) is 13.7 Å². The fourth-order valence-corrected chi connectivity index (χ4v) is 2.91. The van der Waals surface area contributed by atoms with Crippen LogP contribution < -0.4 is 9.47 Å². The minimum absolute atomic E-state index is 0.397. The zero-order chi connectivity index (χ0) is 18.4. The first-order valence-corrected chi connectivity index (χ1v) is 9.52. The number of methoxy groups -OCH3 is 1. The number of halogens is 1. The zero-order valence-electron chi connectivity index (χ0n) is 15.9. The molecule has 1 aromatic carbocycles. The number of benzene rings is 1. The molecule has 0 aliphatic carbocycles. The molecule has 0 amide bonds. The van der Waals surface area contributed by atoms with Gasteiger partial charge in [-0.25, -0.2) is 0 Å². The average molecular weight is 365 g/mol. The summed E-state index contributed by atoms with van der Waals surface area (Å²) in [7, 11) is 1.61. The van der Waals surface area contributed by atoms with E-state index in [4.69, 9.17) is 25.5 Å². The van der Waals surface area contributed by atoms with Crippen molar-refractivity contribution in [2.45, 2.75) is 52.9 Å². The summed E-state index contributed by atoms with van der Waals surface area (Å²) in [5, 5.41) is 0.505. The van der Waals surface area contributed by atoms with E-state index in [1.165, 1.54) is 0 Å². The maximum Gasteiger partial charge on any atom is 0.142 e. The van der Waals surface area contributed by atoms with Crippen molar-refractivity contribution in [1.29, 1.82) is 0 Å². The number of hydrogen-bond donors (Lipinski definition) is 0. The first kappa shape index (κ1) is 19.7. The van der Waals surface area contributed by atoms with Crippen LogP contribution in [-0.4, -0.2) is 13.7 Å². The first-order valence-electron chi connectivity index (χ1n) is 9.14. The lowest BCUT2D eigenvalue weighted by atomic mass is 10.1. The van der Waals surface area contributed by atoms with E-state index < -0.39 is 0 Å². The highest BCUT2D eigenvalue weighted by molar-refractivity contribution is 6.33. The van der Waals surface area contributed by atoms with Gasteiger partial charge in [0.05, 0.1) is 13.7 Å². The van der Waals surface area contributed by atoms with E-state index in [-0.39, 0.29) is 0 Å². The van der Waals surface area contributed by atoms with E-state index in [1.807, 2.05) is 24.3 Å². The van der Waals surface area contributed by atoms with Gasteiger partial charge >= 0.3 is 0 Å². The van der Waals surface area contributed by atoms with Crippen LogP contribution in [0.1, 0.15) is 58.6 Å². The first-order chi connectivity index (χ1) is 12.0. The molecule has 0 fully saturated rings. The molecule has 1 unspecified atom stereocenters. The minimum Gasteiger partial charge on any atom is -0.495 e. The Hall–Kier alpha value is -1.61. The normalized spacial score (nSPS) is 12.4. The predicted molar refractivity (Wildman–Crippen MR) is 104 cm³/mol. The van der Waals surface area contributed by atoms with E-state index in [0.29, 0.717) is 35.0 Å². The molecule has 2 aromatic rings. The number of furan rings is 1. The highest BCUT2D eigenvalue weighted by Crippen LogP contribution is 2.40. The summed E-state index contributed by atoms with van der Waals surface area (Å²) in [4.78, 5) is 0. The lowest BCUT2D eigenvalue weighted by molar-refractivity contribution is 0.240. The number of ether oxygens (including phenoxy) is 2. The van der Waals surface area contributed by atoms with Gasteiger partial charge in [-0.2, -0.15) is 0 Å². The average Bonchev–Trinajstić information content (AvgIpc) is 3.13. The van der Waals surface area contributed by atoms with Crippen LogP contribution in [0.2, 0.25) is 5.02 Å². The van der Waals surface area contributed by atoms with Crippen molar-refractivity contribution < 1.29 is 13.9 Å². The monoisotopic (exact) mass is 364 g/mol. The molecule has 1 heterocycles. The third-order valence-corrected chi connectivity index (χ3v) is 5.24. The third kappa shape index (κ3) is 4.72. The molecular formula is C21H29ClO3. The molecule has 3 nitrogen and oxygen atoms in total. The fraction of sp³-hybridized carbons (Fsp3) is 0.524. The van der Waals surface area contributed by atoms with Crippen molar-refractivity contribution in [3.05, 3.63) is 35.0 Å². The third-order valence-electron chi connectivity index (χ3n) is 4.86. The minimum atomic E-state index is 0.397. The maximum atomic E-state index is 6.44. The molecule has 0 bridgehead atoms. The summed E-state index contributed by atoms with van der Waals surface area (Å²) < 4.78 is 17.5. The summed E-state index contributed by atoms with van der Waals surface area (Å²) in [6.07, 6.45) is 3.21. The van der Waals surface area contributed by atoms with Gasteiger partial charge in [0.25, 0.3) is 0 Å². The SMILES string of the molecule is CCC(CC)COc1cc(-c2ccc(C(C)CC)o2)cc(OC)c1Cl. The largest absolute Gasteiger partial charge is 0.495 e. The molecule has 0 aliphatic heterocycles. The summed E-state index contributed by atoms with van der Waals surface area (Å²) in [6, 6.07) is 7.86. The van der Waals surface area contributed by atoms with Gasteiger partial charge in [0.1, 0.15) is 28.0 Å². The Morgan fingerprint density at radius 1 is 1.04 bits per heavy atom. The molecule has 1 aromatic heterocycles. The van der Waals surface area contributed by atoms with Gasteiger partial charge in [-0.15, -0.1) is 0 Å². The Labute approximate surface area is 156 Å². The van der Waals surface area contributed by atoms with E-state index in [1.54, 1.807) is 7.11 Å². The van der Waals surface area contributed by atoms with Crippen molar-refractivity contribution in [3.63, 3.8) is 0 Å². The molecule has 0 aliphatic rings. The number of hydrogen-bond acceptors (Lipinski definition) is 3. The van der Waals surface area contributed by atoms with Crippen LogP contribution in [0.5, 0.6) is 11.5 Å². The topological polar surface area (TPSA) is 31.6 Å². The Kier molecular flexibility index (Phi) is 7.24. The molecule has 1 atom stereocenters. The van der Waals surface area contributed by atoms with Crippen molar-refractivity contribution in [1.82, 2.24) is 0 Å². The van der Waals surface area contributed by atoms with Crippen LogP contribution in [-0.2, 0) is 0 Å². The van der Waals surface area contributed by atoms with E-state index in [9.17, 15) is 0 Å². The summed E-state index contributed by atoms with van der Waals surface area (Å²) >= 11 is 6.44. The molecule has 138 valence electrons. The summed E-state index contributed by atoms with van der Waals surface area (Å²) in [6.45, 7) is 9.32. The molecule has 0 radical (unpaired) electrons. The molecule has 0 spiro atoms. The molecule has 0 saturated heterocycles. The van der Waals surface area contributed by atoms with Gasteiger partial charge in [-0.1, -0.05) is 52.1 Å². The second-order valence-electron chi connectivity index (χ2n) is 6.50. The summed E-state index contributed by atoms with van der Waals surface area (Å²) in [5.74, 6) is 3.95. The van der Waals surface area contributed by atoms with Crippen LogP contribution in [0.25, 0.3) is 11.3 Å². The maximum absolute atomic E-state index is 6.44. The molecule has 25 heavy (non-hydrogen) atoms. The van der Waals surface area contributed by atoms with E-state index >= 15 is 0 Å². The quantitative estimate of drug-likeness (QED) is 0.483. The summed E-state index contributed by atoms with van der Waals surface area (Å²) in [5.41, 5.74) is 0.912. The fourth-order valence-electron chi connectivity index (χ4n) is 2.67. The van der Waals surface area contributed by atoms with Crippen LogP contribution in [0.3, 0.4) is 0 Å². The lowest BCUT2D eigenvalue weighted by Crippen LogP contribution is -2.10. The van der Waals surface area contributed by atoms with Gasteiger partial charge in [0.15, 0.2) is 0 Å². The van der Waals surface area contributed by atoms with E-state index in [2.05, 4.69) is 27.7 Å². The molecule has 4 heteroatoms. The van der Waals surface area contributed by atoms with Crippen LogP contribution in [0.4, 0.5) is 0 Å². The zero-order valence-corrected chi connectivity index (χ0v) is 16.7. The molecular weight excluding hydrogens is 336 g/mol. The van der Waals surface area contributed by atoms with Crippen LogP contribution in [0, 0.1) is 5.92 Å². The van der Waals surface area contributed by atoms with Crippen molar-refractivity contribution in [2.24, 2.45) is 5.92 Å². The van der Waals surface area contributed by atoms with Crippen molar-refractivity contribution in [3.8, 4) is 22.8 Å². The second-order valence-corrected chi connectivity index (χ2v) is 6.87. The lowest BCUT2D eigenvalue weighted by Gasteiger charge is -2.16. The Morgan fingerprint density at radius 3 is 2.32 bits per heavy atom. The molecule has 0 saturated carbocycles. The molecule has 2 rings (SSSR count). The Bertz CT molecular complexity index is 674. The van der Waals surface area contributed by atoms with Gasteiger partial charge in [-0.3, -0.25) is 0 Å². The second kappa shape index (κ2) is 9.19. The van der Waals surface area contributed by atoms with Gasteiger partial charge in [-0.05, 0) is 36.6 Å². The Morgan fingerprint density at radius 2 is 1.72 bits per heavy atom. The van der Waals surface area contributed by atoms with Crippen molar-refractivity contribution >= 4 is 11.6 Å². The Balaban J connectivity index is 2.32. The standard InChI is InChI=1S/C21H29ClO3/c1-6-14(4)17-9-10-18(25-17)16-11-19(23-5)21(22)20(12-16)24-13-15(7-2)8-3/h9-12,14-15H,6-8,13H2,1-5H3.